The van der Waals surface area contributed by atoms with Crippen molar-refractivity contribution in [2.75, 3.05) is 20.8 Å². The van der Waals surface area contributed by atoms with E-state index in [0.717, 1.165) is 48.4 Å². The minimum atomic E-state index is -0.387. The monoisotopic (exact) mass is 413 g/mol. The van der Waals surface area contributed by atoms with Crippen molar-refractivity contribution in [1.82, 2.24) is 4.98 Å². The van der Waals surface area contributed by atoms with Gasteiger partial charge in [-0.2, -0.15) is 0 Å². The van der Waals surface area contributed by atoms with E-state index in [1.54, 1.807) is 14.2 Å². The number of unbranched alkanes of at least 4 members (excludes halogenated alkanes) is 3. The van der Waals surface area contributed by atoms with E-state index >= 15 is 0 Å². The van der Waals surface area contributed by atoms with Crippen molar-refractivity contribution < 1.29 is 23.8 Å². The molecule has 0 saturated carbocycles. The van der Waals surface area contributed by atoms with Crippen LogP contribution in [0.4, 0.5) is 0 Å². The molecule has 0 fully saturated rings. The topological polar surface area (TPSA) is 77.6 Å². The molecule has 0 saturated heterocycles. The molecule has 6 heteroatoms. The van der Waals surface area contributed by atoms with Crippen LogP contribution < -0.4 is 9.47 Å². The minimum absolute atomic E-state index is 0.0295. The number of ether oxygens (including phenoxy) is 3. The van der Waals surface area contributed by atoms with Crippen LogP contribution in [0.1, 0.15) is 82.6 Å². The number of nitrogens with one attached hydrogen (secondary N) is 1. The van der Waals surface area contributed by atoms with Gasteiger partial charge in [-0.25, -0.2) is 4.79 Å². The summed E-state index contributed by atoms with van der Waals surface area (Å²) in [6.45, 7) is 4.36. The molecule has 0 aliphatic heterocycles. The molecular formula is C24H31NO5. The number of rotatable bonds is 9. The number of ketones is 1. The van der Waals surface area contributed by atoms with Gasteiger partial charge in [-0.05, 0) is 43.5 Å². The Kier molecular flexibility index (Phi) is 7.19. The number of aromatic amines is 1. The summed E-state index contributed by atoms with van der Waals surface area (Å²) in [7, 11) is 3.24. The Morgan fingerprint density at radius 1 is 1.13 bits per heavy atom. The Morgan fingerprint density at radius 3 is 2.63 bits per heavy atom. The van der Waals surface area contributed by atoms with E-state index in [0.29, 0.717) is 36.3 Å². The number of fused-ring (bicyclic) bond motifs is 1. The van der Waals surface area contributed by atoms with E-state index in [9.17, 15) is 9.59 Å². The first-order valence-corrected chi connectivity index (χ1v) is 10.6. The molecule has 1 aliphatic carbocycles. The van der Waals surface area contributed by atoms with Crippen molar-refractivity contribution >= 4 is 11.8 Å². The van der Waals surface area contributed by atoms with Crippen molar-refractivity contribution in [3.05, 3.63) is 46.3 Å². The van der Waals surface area contributed by atoms with Gasteiger partial charge in [0.1, 0.15) is 17.2 Å². The van der Waals surface area contributed by atoms with E-state index in [1.807, 2.05) is 25.1 Å². The summed E-state index contributed by atoms with van der Waals surface area (Å²) in [5.41, 5.74) is 3.43. The van der Waals surface area contributed by atoms with Crippen LogP contribution in [0.2, 0.25) is 0 Å². The Balaban J connectivity index is 1.80. The van der Waals surface area contributed by atoms with E-state index in [-0.39, 0.29) is 17.7 Å². The summed E-state index contributed by atoms with van der Waals surface area (Å²) in [5, 5.41) is 0. The molecule has 1 aromatic carbocycles. The molecule has 3 rings (SSSR count). The van der Waals surface area contributed by atoms with Crippen molar-refractivity contribution in [3.63, 3.8) is 0 Å². The molecule has 2 aromatic rings. The zero-order valence-corrected chi connectivity index (χ0v) is 18.3. The predicted molar refractivity (Wildman–Crippen MR) is 115 cm³/mol. The van der Waals surface area contributed by atoms with E-state index in [1.165, 1.54) is 0 Å². The van der Waals surface area contributed by atoms with Crippen LogP contribution in [-0.4, -0.2) is 37.6 Å². The number of H-pyrrole nitrogens is 1. The fourth-order valence-corrected chi connectivity index (χ4v) is 4.18. The Bertz CT molecular complexity index is 915. The third-order valence-electron chi connectivity index (χ3n) is 5.80. The SMILES string of the molecule is CCCCCCOC(=O)c1[nH]c2c(c1C)C(=O)C[C@H](c1cc(OC)ccc1OC)C2. The number of carbonyl (C=O) groups excluding carboxylic acids is 2. The molecule has 1 heterocycles. The second-order valence-corrected chi connectivity index (χ2v) is 7.81. The quantitative estimate of drug-likeness (QED) is 0.463. The Labute approximate surface area is 177 Å². The summed E-state index contributed by atoms with van der Waals surface area (Å²) >= 11 is 0. The van der Waals surface area contributed by atoms with Crippen LogP contribution in [0, 0.1) is 6.92 Å². The normalized spacial score (nSPS) is 15.6. The van der Waals surface area contributed by atoms with Crippen molar-refractivity contribution in [3.8, 4) is 11.5 Å². The van der Waals surface area contributed by atoms with Gasteiger partial charge in [-0.15, -0.1) is 0 Å². The molecule has 30 heavy (non-hydrogen) atoms. The lowest BCUT2D eigenvalue weighted by molar-refractivity contribution is 0.0490. The fourth-order valence-electron chi connectivity index (χ4n) is 4.18. The molecule has 1 N–H and O–H groups in total. The smallest absolute Gasteiger partial charge is 0.355 e. The average molecular weight is 414 g/mol. The number of aromatic nitrogens is 1. The zero-order valence-electron chi connectivity index (χ0n) is 18.3. The van der Waals surface area contributed by atoms with E-state index in [2.05, 4.69) is 11.9 Å². The number of carbonyl (C=O) groups is 2. The van der Waals surface area contributed by atoms with Crippen molar-refractivity contribution in [2.45, 2.75) is 58.3 Å². The standard InChI is InChI=1S/C24H31NO5/c1-5-6-7-8-11-30-24(27)23-15(2)22-19(25-23)12-16(13-20(22)26)18-14-17(28-3)9-10-21(18)29-4/h9-10,14,16,25H,5-8,11-13H2,1-4H3/t16-/m1/s1. The molecule has 6 nitrogen and oxygen atoms in total. The summed E-state index contributed by atoms with van der Waals surface area (Å²) in [5.74, 6) is 1.04. The largest absolute Gasteiger partial charge is 0.497 e. The number of hydrogen-bond donors (Lipinski definition) is 1. The number of benzene rings is 1. The van der Waals surface area contributed by atoms with Gasteiger partial charge in [0.25, 0.3) is 0 Å². The second-order valence-electron chi connectivity index (χ2n) is 7.81. The molecule has 0 bridgehead atoms. The van der Waals surface area contributed by atoms with Crippen molar-refractivity contribution in [2.24, 2.45) is 0 Å². The lowest BCUT2D eigenvalue weighted by atomic mass is 9.81. The summed E-state index contributed by atoms with van der Waals surface area (Å²) in [4.78, 5) is 28.7. The van der Waals surface area contributed by atoms with Gasteiger partial charge >= 0.3 is 5.97 Å². The molecule has 1 aliphatic rings. The third-order valence-corrected chi connectivity index (χ3v) is 5.80. The molecule has 0 spiro atoms. The van der Waals surface area contributed by atoms with Crippen LogP contribution in [-0.2, 0) is 11.2 Å². The number of methoxy groups -OCH3 is 2. The number of hydrogen-bond acceptors (Lipinski definition) is 5. The number of Topliss-reactive ketones (excluding diaryl/α,β-unsaturated/α-hetero) is 1. The average Bonchev–Trinajstić information content (AvgIpc) is 3.09. The maximum atomic E-state index is 13.0. The minimum Gasteiger partial charge on any atom is -0.497 e. The highest BCUT2D eigenvalue weighted by Crippen LogP contribution is 2.40. The van der Waals surface area contributed by atoms with Gasteiger partial charge in [0.15, 0.2) is 5.78 Å². The van der Waals surface area contributed by atoms with E-state index < -0.39 is 0 Å². The van der Waals surface area contributed by atoms with Gasteiger partial charge in [0.05, 0.1) is 20.8 Å². The zero-order chi connectivity index (χ0) is 21.7. The maximum absolute atomic E-state index is 13.0. The molecule has 1 atom stereocenters. The van der Waals surface area contributed by atoms with Gasteiger partial charge in [-0.1, -0.05) is 26.2 Å². The summed E-state index contributed by atoms with van der Waals surface area (Å²) in [6.07, 6.45) is 5.16. The highest BCUT2D eigenvalue weighted by atomic mass is 16.5. The highest BCUT2D eigenvalue weighted by Gasteiger charge is 2.33. The first kappa shape index (κ1) is 21.9. The fraction of sp³-hybridized carbons (Fsp3) is 0.500. The summed E-state index contributed by atoms with van der Waals surface area (Å²) in [6, 6.07) is 5.62. The molecule has 0 radical (unpaired) electrons. The molecular weight excluding hydrogens is 382 g/mol. The Hall–Kier alpha value is -2.76. The number of esters is 1. The van der Waals surface area contributed by atoms with Gasteiger partial charge in [-0.3, -0.25) is 4.79 Å². The van der Waals surface area contributed by atoms with E-state index in [4.69, 9.17) is 14.2 Å². The molecule has 0 unspecified atom stereocenters. The molecule has 1 aromatic heterocycles. The Morgan fingerprint density at radius 2 is 1.93 bits per heavy atom. The van der Waals surface area contributed by atoms with Crippen molar-refractivity contribution in [1.29, 1.82) is 0 Å². The molecule has 0 amide bonds. The highest BCUT2D eigenvalue weighted by molar-refractivity contribution is 6.03. The van der Waals surface area contributed by atoms with Crippen LogP contribution >= 0.6 is 0 Å². The summed E-state index contributed by atoms with van der Waals surface area (Å²) < 4.78 is 16.3. The van der Waals surface area contributed by atoms with Gasteiger partial charge in [0.2, 0.25) is 0 Å². The van der Waals surface area contributed by atoms with Gasteiger partial charge < -0.3 is 19.2 Å². The molecule has 162 valence electrons. The lowest BCUT2D eigenvalue weighted by Crippen LogP contribution is -2.19. The van der Waals surface area contributed by atoms with Crippen LogP contribution in [0.15, 0.2) is 18.2 Å². The maximum Gasteiger partial charge on any atom is 0.355 e. The second kappa shape index (κ2) is 9.83. The lowest BCUT2D eigenvalue weighted by Gasteiger charge is -2.24. The predicted octanol–water partition coefficient (Wildman–Crippen LogP) is 4.99. The van der Waals surface area contributed by atoms with Gasteiger partial charge in [0, 0.05) is 29.2 Å². The van der Waals surface area contributed by atoms with Crippen LogP contribution in [0.5, 0.6) is 11.5 Å². The first-order valence-electron chi connectivity index (χ1n) is 10.6. The van der Waals surface area contributed by atoms with Crippen LogP contribution in [0.25, 0.3) is 0 Å². The first-order chi connectivity index (χ1) is 14.5. The third kappa shape index (κ3) is 4.53. The van der Waals surface area contributed by atoms with Crippen LogP contribution in [0.3, 0.4) is 0 Å².